The van der Waals surface area contributed by atoms with Crippen molar-refractivity contribution >= 4 is 40.9 Å². The summed E-state index contributed by atoms with van der Waals surface area (Å²) in [6, 6.07) is 17.3. The molecule has 0 unspecified atom stereocenters. The molecule has 0 saturated carbocycles. The van der Waals surface area contributed by atoms with Gasteiger partial charge in [-0.3, -0.25) is 14.4 Å². The zero-order chi connectivity index (χ0) is 24.2. The third kappa shape index (κ3) is 4.75. The fourth-order valence-corrected chi connectivity index (χ4v) is 4.43. The lowest BCUT2D eigenvalue weighted by Crippen LogP contribution is -2.43. The van der Waals surface area contributed by atoms with E-state index in [1.165, 1.54) is 11.3 Å². The van der Waals surface area contributed by atoms with E-state index >= 15 is 0 Å². The zero-order valence-corrected chi connectivity index (χ0v) is 19.2. The molecule has 0 radical (unpaired) electrons. The van der Waals surface area contributed by atoms with Crippen molar-refractivity contribution in [2.45, 2.75) is 6.04 Å². The van der Waals surface area contributed by atoms with E-state index in [0.717, 1.165) is 11.1 Å². The number of benzene rings is 2. The van der Waals surface area contributed by atoms with Gasteiger partial charge < -0.3 is 20.0 Å². The Kier molecular flexibility index (Phi) is 6.23. The minimum atomic E-state index is -0.660. The van der Waals surface area contributed by atoms with Crippen molar-refractivity contribution in [3.8, 4) is 22.8 Å². The number of nitrogens with zero attached hydrogens (tertiary/aromatic N) is 2. The normalized spacial score (nSPS) is 14.6. The summed E-state index contributed by atoms with van der Waals surface area (Å²) in [5.74, 6) is 0.607. The third-order valence-electron chi connectivity index (χ3n) is 5.52. The molecule has 1 aliphatic heterocycles. The van der Waals surface area contributed by atoms with Crippen LogP contribution in [0.2, 0.25) is 0 Å². The van der Waals surface area contributed by atoms with Gasteiger partial charge in [0.2, 0.25) is 12.3 Å². The molecule has 8 nitrogen and oxygen atoms in total. The van der Waals surface area contributed by atoms with Crippen LogP contribution >= 0.6 is 11.3 Å². The minimum absolute atomic E-state index is 0.158. The summed E-state index contributed by atoms with van der Waals surface area (Å²) < 4.78 is 5.89. The number of thiophene rings is 1. The van der Waals surface area contributed by atoms with Crippen molar-refractivity contribution in [2.24, 2.45) is 0 Å². The SMILES string of the molecule is O=CNc1ccc(-c2cnc(-c3ccc(NC(=O)[C@@H]4C=CCN4C(=O)c4cccs4)cc3)o2)cc1. The van der Waals surface area contributed by atoms with Crippen molar-refractivity contribution in [1.29, 1.82) is 0 Å². The summed E-state index contributed by atoms with van der Waals surface area (Å²) in [4.78, 5) is 42.6. The number of amides is 3. The molecule has 0 saturated heterocycles. The van der Waals surface area contributed by atoms with Gasteiger partial charge in [0.25, 0.3) is 11.8 Å². The van der Waals surface area contributed by atoms with E-state index in [1.54, 1.807) is 59.6 Å². The van der Waals surface area contributed by atoms with Crippen LogP contribution < -0.4 is 10.6 Å². The molecule has 35 heavy (non-hydrogen) atoms. The Morgan fingerprint density at radius 3 is 2.49 bits per heavy atom. The van der Waals surface area contributed by atoms with Crippen LogP contribution in [0.5, 0.6) is 0 Å². The van der Waals surface area contributed by atoms with Crippen molar-refractivity contribution in [1.82, 2.24) is 9.88 Å². The number of hydrogen-bond acceptors (Lipinski definition) is 6. The quantitative estimate of drug-likeness (QED) is 0.293. The van der Waals surface area contributed by atoms with Gasteiger partial charge in [-0.25, -0.2) is 4.98 Å². The molecular weight excluding hydrogens is 464 g/mol. The van der Waals surface area contributed by atoms with Gasteiger partial charge in [0.1, 0.15) is 6.04 Å². The number of aromatic nitrogens is 1. The van der Waals surface area contributed by atoms with Crippen LogP contribution in [0, 0.1) is 0 Å². The van der Waals surface area contributed by atoms with Gasteiger partial charge >= 0.3 is 0 Å². The molecule has 2 aromatic heterocycles. The second-order valence-corrected chi connectivity index (χ2v) is 8.69. The van der Waals surface area contributed by atoms with Crippen LogP contribution in [-0.2, 0) is 9.59 Å². The number of oxazole rings is 1. The Balaban J connectivity index is 1.25. The summed E-state index contributed by atoms with van der Waals surface area (Å²) in [7, 11) is 0. The summed E-state index contributed by atoms with van der Waals surface area (Å²) >= 11 is 1.36. The van der Waals surface area contributed by atoms with E-state index in [-0.39, 0.29) is 11.8 Å². The molecule has 3 amide bonds. The second-order valence-electron chi connectivity index (χ2n) is 7.74. The number of rotatable bonds is 7. The minimum Gasteiger partial charge on any atom is -0.436 e. The van der Waals surface area contributed by atoms with E-state index in [0.29, 0.717) is 40.9 Å². The summed E-state index contributed by atoms with van der Waals surface area (Å²) in [6.07, 6.45) is 5.83. The first kappa shape index (κ1) is 22.3. The predicted octanol–water partition coefficient (Wildman–Crippen LogP) is 4.66. The number of carbonyl (C=O) groups excluding carboxylic acids is 3. The first-order chi connectivity index (χ1) is 17.1. The maximum atomic E-state index is 12.9. The predicted molar refractivity (Wildman–Crippen MR) is 134 cm³/mol. The fraction of sp³-hybridized carbons (Fsp3) is 0.0769. The van der Waals surface area contributed by atoms with E-state index in [4.69, 9.17) is 4.42 Å². The molecule has 2 aromatic carbocycles. The lowest BCUT2D eigenvalue weighted by atomic mass is 10.2. The highest BCUT2D eigenvalue weighted by Gasteiger charge is 2.31. The van der Waals surface area contributed by atoms with Gasteiger partial charge in [-0.1, -0.05) is 18.2 Å². The lowest BCUT2D eigenvalue weighted by molar-refractivity contribution is -0.118. The highest BCUT2D eigenvalue weighted by molar-refractivity contribution is 7.12. The maximum absolute atomic E-state index is 12.9. The monoisotopic (exact) mass is 484 g/mol. The highest BCUT2D eigenvalue weighted by Crippen LogP contribution is 2.28. The van der Waals surface area contributed by atoms with Gasteiger partial charge in [-0.15, -0.1) is 11.3 Å². The molecule has 5 rings (SSSR count). The van der Waals surface area contributed by atoms with Crippen molar-refractivity contribution in [3.63, 3.8) is 0 Å². The molecule has 0 fully saturated rings. The lowest BCUT2D eigenvalue weighted by Gasteiger charge is -2.23. The molecule has 0 bridgehead atoms. The molecule has 9 heteroatoms. The summed E-state index contributed by atoms with van der Waals surface area (Å²) in [5.41, 5.74) is 2.87. The molecule has 4 aromatic rings. The Hall–Kier alpha value is -4.50. The number of carbonyl (C=O) groups is 3. The van der Waals surface area contributed by atoms with E-state index in [2.05, 4.69) is 15.6 Å². The average molecular weight is 485 g/mol. The standard InChI is InChI=1S/C26H20N4O4S/c31-16-28-19-9-5-17(6-10-19)22-15-27-25(34-22)18-7-11-20(12-8-18)29-24(32)21-3-1-13-30(21)26(33)23-4-2-14-35-23/h1-12,14-16,21H,13H2,(H,28,31)(H,29,32)/t21-/m0/s1. The smallest absolute Gasteiger partial charge is 0.265 e. The molecule has 1 aliphatic rings. The molecule has 1 atom stereocenters. The molecule has 174 valence electrons. The van der Waals surface area contributed by atoms with E-state index in [1.807, 2.05) is 29.7 Å². The fourth-order valence-electron chi connectivity index (χ4n) is 3.75. The Labute approximate surface area is 204 Å². The molecule has 2 N–H and O–H groups in total. The van der Waals surface area contributed by atoms with Crippen molar-refractivity contribution in [3.05, 3.63) is 89.3 Å². The molecule has 0 spiro atoms. The highest BCUT2D eigenvalue weighted by atomic mass is 32.1. The first-order valence-electron chi connectivity index (χ1n) is 10.8. The number of anilines is 2. The van der Waals surface area contributed by atoms with Gasteiger partial charge in [0.15, 0.2) is 5.76 Å². The maximum Gasteiger partial charge on any atom is 0.265 e. The molecular formula is C26H20N4O4S. The zero-order valence-electron chi connectivity index (χ0n) is 18.4. The van der Waals surface area contributed by atoms with Gasteiger partial charge in [-0.2, -0.15) is 0 Å². The van der Waals surface area contributed by atoms with Crippen LogP contribution in [-0.4, -0.2) is 40.7 Å². The van der Waals surface area contributed by atoms with Crippen molar-refractivity contribution < 1.29 is 18.8 Å². The first-order valence-corrected chi connectivity index (χ1v) is 11.7. The number of hydrogen-bond donors (Lipinski definition) is 2. The van der Waals surface area contributed by atoms with Crippen LogP contribution in [0.4, 0.5) is 11.4 Å². The van der Waals surface area contributed by atoms with Crippen LogP contribution in [0.1, 0.15) is 9.67 Å². The van der Waals surface area contributed by atoms with Crippen molar-refractivity contribution in [2.75, 3.05) is 17.2 Å². The summed E-state index contributed by atoms with van der Waals surface area (Å²) in [6.45, 7) is 0.399. The van der Waals surface area contributed by atoms with Gasteiger partial charge in [0, 0.05) is 29.0 Å². The average Bonchev–Trinajstić information content (AvgIpc) is 3.67. The Bertz CT molecular complexity index is 1380. The largest absolute Gasteiger partial charge is 0.436 e. The second kappa shape index (κ2) is 9.78. The van der Waals surface area contributed by atoms with Crippen LogP contribution in [0.15, 0.2) is 88.8 Å². The van der Waals surface area contributed by atoms with Gasteiger partial charge in [0.05, 0.1) is 11.1 Å². The Morgan fingerprint density at radius 1 is 1.03 bits per heavy atom. The topological polar surface area (TPSA) is 105 Å². The molecule has 3 heterocycles. The third-order valence-corrected chi connectivity index (χ3v) is 6.38. The van der Waals surface area contributed by atoms with Crippen LogP contribution in [0.3, 0.4) is 0 Å². The molecule has 0 aliphatic carbocycles. The van der Waals surface area contributed by atoms with E-state index in [9.17, 15) is 14.4 Å². The van der Waals surface area contributed by atoms with E-state index < -0.39 is 6.04 Å². The summed E-state index contributed by atoms with van der Waals surface area (Å²) in [5, 5.41) is 7.31. The van der Waals surface area contributed by atoms with Gasteiger partial charge in [-0.05, 0) is 60.0 Å². The van der Waals surface area contributed by atoms with Crippen LogP contribution in [0.25, 0.3) is 22.8 Å². The number of nitrogens with one attached hydrogen (secondary N) is 2. The Morgan fingerprint density at radius 2 is 1.77 bits per heavy atom.